The largest absolute Gasteiger partial charge is 0.395 e. The fourth-order valence-electron chi connectivity index (χ4n) is 2.87. The van der Waals surface area contributed by atoms with E-state index in [4.69, 9.17) is 5.11 Å². The van der Waals surface area contributed by atoms with Crippen molar-refractivity contribution in [3.63, 3.8) is 0 Å². The molecule has 2 aliphatic rings. The first-order chi connectivity index (χ1) is 8.23. The Kier molecular flexibility index (Phi) is 4.05. The summed E-state index contributed by atoms with van der Waals surface area (Å²) in [6.07, 6.45) is 5.03. The highest BCUT2D eigenvalue weighted by molar-refractivity contribution is 5.83. The van der Waals surface area contributed by atoms with Crippen molar-refractivity contribution < 1.29 is 9.90 Å². The molecule has 1 heterocycles. The summed E-state index contributed by atoms with van der Waals surface area (Å²) in [5, 5.41) is 12.4. The Morgan fingerprint density at radius 2 is 2.06 bits per heavy atom. The second-order valence-corrected chi connectivity index (χ2v) is 5.34. The molecule has 4 heteroatoms. The smallest absolute Gasteiger partial charge is 0.229 e. The normalized spacial score (nSPS) is 23.4. The molecule has 17 heavy (non-hydrogen) atoms. The third kappa shape index (κ3) is 2.63. The van der Waals surface area contributed by atoms with E-state index in [-0.39, 0.29) is 17.9 Å². The highest BCUT2D eigenvalue weighted by Gasteiger charge is 2.44. The van der Waals surface area contributed by atoms with Gasteiger partial charge in [-0.05, 0) is 45.2 Å². The number of nitrogens with one attached hydrogen (secondary N) is 1. The van der Waals surface area contributed by atoms with Crippen LogP contribution in [0.4, 0.5) is 0 Å². The maximum Gasteiger partial charge on any atom is 0.229 e. The summed E-state index contributed by atoms with van der Waals surface area (Å²) in [5.41, 5.74) is -0.164. The van der Waals surface area contributed by atoms with Gasteiger partial charge in [-0.1, -0.05) is 6.92 Å². The van der Waals surface area contributed by atoms with Crippen LogP contribution in [0.3, 0.4) is 0 Å². The first-order valence-corrected chi connectivity index (χ1v) is 6.86. The maximum atomic E-state index is 12.7. The van der Waals surface area contributed by atoms with Gasteiger partial charge in [0.1, 0.15) is 0 Å². The van der Waals surface area contributed by atoms with Gasteiger partial charge >= 0.3 is 0 Å². The Balaban J connectivity index is 2.08. The number of hydrogen-bond donors (Lipinski definition) is 2. The fourth-order valence-corrected chi connectivity index (χ4v) is 2.87. The van der Waals surface area contributed by atoms with Gasteiger partial charge in [0, 0.05) is 12.6 Å². The van der Waals surface area contributed by atoms with Crippen molar-refractivity contribution >= 4 is 5.91 Å². The molecule has 0 bridgehead atoms. The average molecular weight is 240 g/mol. The molecule has 2 N–H and O–H groups in total. The molecule has 0 unspecified atom stereocenters. The van der Waals surface area contributed by atoms with Crippen molar-refractivity contribution in [2.45, 2.75) is 45.1 Å². The predicted octanol–water partition coefficient (Wildman–Crippen LogP) is 0.749. The van der Waals surface area contributed by atoms with Crippen LogP contribution in [0.2, 0.25) is 0 Å². The highest BCUT2D eigenvalue weighted by Crippen LogP contribution is 2.38. The zero-order valence-corrected chi connectivity index (χ0v) is 10.7. The van der Waals surface area contributed by atoms with E-state index >= 15 is 0 Å². The Labute approximate surface area is 103 Å². The van der Waals surface area contributed by atoms with Crippen LogP contribution in [0.15, 0.2) is 0 Å². The SMILES string of the molecule is CCC1(C(=O)N(CCO)C2CC2)CCNCC1. The van der Waals surface area contributed by atoms with Crippen molar-refractivity contribution in [2.24, 2.45) is 5.41 Å². The van der Waals surface area contributed by atoms with E-state index in [0.717, 1.165) is 45.2 Å². The second-order valence-electron chi connectivity index (χ2n) is 5.34. The molecule has 4 nitrogen and oxygen atoms in total. The Morgan fingerprint density at radius 1 is 1.41 bits per heavy atom. The molecule has 0 spiro atoms. The number of carbonyl (C=O) groups excluding carboxylic acids is 1. The van der Waals surface area contributed by atoms with E-state index in [1.54, 1.807) is 0 Å². The summed E-state index contributed by atoms with van der Waals surface area (Å²) in [6, 6.07) is 0.410. The van der Waals surface area contributed by atoms with Gasteiger partial charge in [-0.2, -0.15) is 0 Å². The van der Waals surface area contributed by atoms with Crippen molar-refractivity contribution in [3.05, 3.63) is 0 Å². The summed E-state index contributed by atoms with van der Waals surface area (Å²) in [4.78, 5) is 14.6. The van der Waals surface area contributed by atoms with Gasteiger partial charge < -0.3 is 15.3 Å². The molecule has 0 radical (unpaired) electrons. The highest BCUT2D eigenvalue weighted by atomic mass is 16.3. The van der Waals surface area contributed by atoms with Gasteiger partial charge in [0.05, 0.1) is 12.0 Å². The minimum Gasteiger partial charge on any atom is -0.395 e. The summed E-state index contributed by atoms with van der Waals surface area (Å²) >= 11 is 0. The molecule has 0 aromatic carbocycles. The number of aliphatic hydroxyl groups is 1. The van der Waals surface area contributed by atoms with Crippen LogP contribution in [0.1, 0.15) is 39.0 Å². The van der Waals surface area contributed by atoms with Crippen LogP contribution in [-0.2, 0) is 4.79 Å². The van der Waals surface area contributed by atoms with Gasteiger partial charge in [0.15, 0.2) is 0 Å². The van der Waals surface area contributed by atoms with E-state index in [0.29, 0.717) is 12.6 Å². The monoisotopic (exact) mass is 240 g/mol. The quantitative estimate of drug-likeness (QED) is 0.745. The number of rotatable bonds is 5. The third-order valence-electron chi connectivity index (χ3n) is 4.28. The molecule has 0 aromatic heterocycles. The first-order valence-electron chi connectivity index (χ1n) is 6.86. The number of carbonyl (C=O) groups is 1. The third-order valence-corrected chi connectivity index (χ3v) is 4.28. The molecule has 98 valence electrons. The van der Waals surface area contributed by atoms with E-state index in [1.165, 1.54) is 0 Å². The second kappa shape index (κ2) is 5.36. The van der Waals surface area contributed by atoms with E-state index in [2.05, 4.69) is 12.2 Å². The van der Waals surface area contributed by atoms with Gasteiger partial charge in [-0.3, -0.25) is 4.79 Å². The van der Waals surface area contributed by atoms with Crippen molar-refractivity contribution in [1.82, 2.24) is 10.2 Å². The molecule has 2 rings (SSSR count). The molecule has 0 aromatic rings. The van der Waals surface area contributed by atoms with Crippen LogP contribution in [-0.4, -0.2) is 48.2 Å². The first kappa shape index (κ1) is 12.8. The molecular formula is C13H24N2O2. The minimum absolute atomic E-state index is 0.0836. The molecule has 0 atom stereocenters. The van der Waals surface area contributed by atoms with Crippen LogP contribution >= 0.6 is 0 Å². The number of hydrogen-bond acceptors (Lipinski definition) is 3. The Morgan fingerprint density at radius 3 is 2.53 bits per heavy atom. The summed E-state index contributed by atoms with van der Waals surface area (Å²) < 4.78 is 0. The molecule has 1 saturated carbocycles. The van der Waals surface area contributed by atoms with E-state index < -0.39 is 0 Å². The lowest BCUT2D eigenvalue weighted by Gasteiger charge is -2.39. The topological polar surface area (TPSA) is 52.6 Å². The lowest BCUT2D eigenvalue weighted by molar-refractivity contribution is -0.145. The average Bonchev–Trinajstić information content (AvgIpc) is 3.20. The molecule has 1 aliphatic carbocycles. The predicted molar refractivity (Wildman–Crippen MR) is 66.6 cm³/mol. The number of amides is 1. The van der Waals surface area contributed by atoms with Crippen LogP contribution < -0.4 is 5.32 Å². The van der Waals surface area contributed by atoms with E-state index in [9.17, 15) is 4.79 Å². The van der Waals surface area contributed by atoms with Crippen molar-refractivity contribution in [3.8, 4) is 0 Å². The van der Waals surface area contributed by atoms with Crippen molar-refractivity contribution in [2.75, 3.05) is 26.2 Å². The van der Waals surface area contributed by atoms with E-state index in [1.807, 2.05) is 4.90 Å². The van der Waals surface area contributed by atoms with Crippen molar-refractivity contribution in [1.29, 1.82) is 0 Å². The maximum absolute atomic E-state index is 12.7. The molecule has 1 amide bonds. The number of piperidine rings is 1. The zero-order chi connectivity index (χ0) is 12.3. The molecular weight excluding hydrogens is 216 g/mol. The van der Waals surface area contributed by atoms with Crippen LogP contribution in [0.25, 0.3) is 0 Å². The van der Waals surface area contributed by atoms with Crippen LogP contribution in [0, 0.1) is 5.41 Å². The molecule has 1 saturated heterocycles. The summed E-state index contributed by atoms with van der Waals surface area (Å²) in [6.45, 7) is 4.60. The minimum atomic E-state index is -0.164. The lowest BCUT2D eigenvalue weighted by atomic mass is 9.75. The van der Waals surface area contributed by atoms with Gasteiger partial charge in [0.2, 0.25) is 5.91 Å². The number of aliphatic hydroxyl groups excluding tert-OH is 1. The summed E-state index contributed by atoms with van der Waals surface area (Å²) in [7, 11) is 0. The number of nitrogens with zero attached hydrogens (tertiary/aromatic N) is 1. The van der Waals surface area contributed by atoms with Gasteiger partial charge in [-0.25, -0.2) is 0 Å². The van der Waals surface area contributed by atoms with Gasteiger partial charge in [-0.15, -0.1) is 0 Å². The van der Waals surface area contributed by atoms with Gasteiger partial charge in [0.25, 0.3) is 0 Å². The lowest BCUT2D eigenvalue weighted by Crippen LogP contribution is -2.50. The molecule has 1 aliphatic heterocycles. The molecule has 2 fully saturated rings. The standard InChI is InChI=1S/C13H24N2O2/c1-2-13(5-7-14-8-6-13)12(17)15(9-10-16)11-3-4-11/h11,14,16H,2-10H2,1H3. The Bertz CT molecular complexity index is 271. The van der Waals surface area contributed by atoms with Crippen LogP contribution in [0.5, 0.6) is 0 Å². The zero-order valence-electron chi connectivity index (χ0n) is 10.7. The summed E-state index contributed by atoms with van der Waals surface area (Å²) in [5.74, 6) is 0.290. The fraction of sp³-hybridized carbons (Fsp3) is 0.923. The Hall–Kier alpha value is -0.610.